The molecule has 1 amide bonds. The summed E-state index contributed by atoms with van der Waals surface area (Å²) in [5.74, 6) is -0.378. The number of nitrogens with one attached hydrogen (secondary N) is 1. The van der Waals surface area contributed by atoms with Crippen molar-refractivity contribution in [2.45, 2.75) is 13.5 Å². The molecule has 0 aliphatic heterocycles. The molecular formula is C23H18BrClN4O. The van der Waals surface area contributed by atoms with Crippen LogP contribution in [0.2, 0.25) is 5.02 Å². The molecule has 0 aliphatic rings. The summed E-state index contributed by atoms with van der Waals surface area (Å²) in [6.07, 6.45) is 1.77. The molecule has 0 spiro atoms. The Bertz CT molecular complexity index is 1250. The number of rotatable bonds is 5. The predicted molar refractivity (Wildman–Crippen MR) is 124 cm³/mol. The summed E-state index contributed by atoms with van der Waals surface area (Å²) in [7, 11) is 0. The smallest absolute Gasteiger partial charge is 0.266 e. The fourth-order valence-electron chi connectivity index (χ4n) is 3.08. The van der Waals surface area contributed by atoms with Crippen molar-refractivity contribution < 1.29 is 4.79 Å². The fraction of sp³-hybridized carbons (Fsp3) is 0.0870. The van der Waals surface area contributed by atoms with Gasteiger partial charge in [0.15, 0.2) is 5.69 Å². The van der Waals surface area contributed by atoms with E-state index in [1.165, 1.54) is 0 Å². The number of carbonyl (C=O) groups excluding carboxylic acids is 1. The first kappa shape index (κ1) is 20.3. The highest BCUT2D eigenvalue weighted by Crippen LogP contribution is 2.18. The Balaban J connectivity index is 1.47. The summed E-state index contributed by atoms with van der Waals surface area (Å²) in [6.45, 7) is 2.39. The zero-order valence-electron chi connectivity index (χ0n) is 16.1. The van der Waals surface area contributed by atoms with E-state index in [9.17, 15) is 4.79 Å². The van der Waals surface area contributed by atoms with Crippen LogP contribution in [0.1, 0.15) is 28.5 Å². The second kappa shape index (κ2) is 8.81. The molecule has 0 bridgehead atoms. The first-order valence-corrected chi connectivity index (χ1v) is 10.5. The van der Waals surface area contributed by atoms with Crippen LogP contribution in [-0.4, -0.2) is 21.4 Å². The van der Waals surface area contributed by atoms with E-state index in [2.05, 4.69) is 49.8 Å². The maximum Gasteiger partial charge on any atom is 0.293 e. The van der Waals surface area contributed by atoms with E-state index in [0.29, 0.717) is 21.8 Å². The van der Waals surface area contributed by atoms with Gasteiger partial charge in [-0.2, -0.15) is 10.2 Å². The van der Waals surface area contributed by atoms with Crippen molar-refractivity contribution in [3.8, 4) is 0 Å². The van der Waals surface area contributed by atoms with Gasteiger partial charge in [0, 0.05) is 11.2 Å². The third-order valence-corrected chi connectivity index (χ3v) is 5.51. The Morgan fingerprint density at radius 3 is 2.60 bits per heavy atom. The summed E-state index contributed by atoms with van der Waals surface area (Å²) < 4.78 is 2.30. The molecule has 7 heteroatoms. The molecule has 0 unspecified atom stereocenters. The average Bonchev–Trinajstić information content (AvgIpc) is 3.13. The lowest BCUT2D eigenvalue weighted by atomic mass is 10.0. The van der Waals surface area contributed by atoms with Crippen LogP contribution in [0.25, 0.3) is 10.8 Å². The van der Waals surface area contributed by atoms with E-state index in [4.69, 9.17) is 11.6 Å². The van der Waals surface area contributed by atoms with Gasteiger partial charge < -0.3 is 0 Å². The van der Waals surface area contributed by atoms with Crippen molar-refractivity contribution in [1.82, 2.24) is 15.2 Å². The number of hydrogen-bond donors (Lipinski definition) is 1. The molecule has 5 nitrogen and oxygen atoms in total. The maximum absolute atomic E-state index is 12.6. The molecule has 3 aromatic carbocycles. The second-order valence-electron chi connectivity index (χ2n) is 6.85. The summed E-state index contributed by atoms with van der Waals surface area (Å²) >= 11 is 9.33. The van der Waals surface area contributed by atoms with Gasteiger partial charge in [-0.1, -0.05) is 60.1 Å². The van der Waals surface area contributed by atoms with E-state index in [1.54, 1.807) is 10.9 Å². The van der Waals surface area contributed by atoms with Crippen LogP contribution in [-0.2, 0) is 6.54 Å². The van der Waals surface area contributed by atoms with Crippen molar-refractivity contribution in [2.24, 2.45) is 5.10 Å². The van der Waals surface area contributed by atoms with Gasteiger partial charge in [0.05, 0.1) is 16.7 Å². The quantitative estimate of drug-likeness (QED) is 0.296. The summed E-state index contributed by atoms with van der Waals surface area (Å²) in [5.41, 5.74) is 5.57. The number of benzene rings is 3. The largest absolute Gasteiger partial charge is 0.293 e. The number of aromatic nitrogens is 2. The molecule has 1 aromatic heterocycles. The first-order valence-electron chi connectivity index (χ1n) is 9.31. The monoisotopic (exact) mass is 480 g/mol. The van der Waals surface area contributed by atoms with Gasteiger partial charge in [-0.3, -0.25) is 9.48 Å². The second-order valence-corrected chi connectivity index (χ2v) is 8.14. The highest BCUT2D eigenvalue weighted by Gasteiger charge is 2.15. The average molecular weight is 482 g/mol. The van der Waals surface area contributed by atoms with Gasteiger partial charge in [-0.25, -0.2) is 5.43 Å². The standard InChI is InChI=1S/C23H18BrClN4O/c1-15(18-9-8-17-4-2-3-5-19(17)12-18)26-27-23(30)22-21(24)14-29(28-22)13-16-6-10-20(25)11-7-16/h2-12,14H,13H2,1H3,(H,27,30)/b26-15+. The molecule has 0 atom stereocenters. The molecule has 1 N–H and O–H groups in total. The number of halogens is 2. The van der Waals surface area contributed by atoms with Gasteiger partial charge in [-0.15, -0.1) is 0 Å². The van der Waals surface area contributed by atoms with Gasteiger partial charge >= 0.3 is 0 Å². The third-order valence-electron chi connectivity index (χ3n) is 4.68. The maximum atomic E-state index is 12.6. The van der Waals surface area contributed by atoms with Gasteiger partial charge in [0.25, 0.3) is 5.91 Å². The van der Waals surface area contributed by atoms with E-state index < -0.39 is 0 Å². The van der Waals surface area contributed by atoms with Crippen molar-refractivity contribution in [3.05, 3.63) is 99.2 Å². The van der Waals surface area contributed by atoms with Crippen LogP contribution >= 0.6 is 27.5 Å². The summed E-state index contributed by atoms with van der Waals surface area (Å²) in [5, 5.41) is 11.6. The number of hydrazone groups is 1. The first-order chi connectivity index (χ1) is 14.5. The lowest BCUT2D eigenvalue weighted by Crippen LogP contribution is -2.20. The Morgan fingerprint density at radius 2 is 1.83 bits per heavy atom. The van der Waals surface area contributed by atoms with Crippen LogP contribution < -0.4 is 5.43 Å². The Morgan fingerprint density at radius 1 is 1.10 bits per heavy atom. The minimum atomic E-state index is -0.378. The molecule has 150 valence electrons. The molecule has 0 saturated carbocycles. The van der Waals surface area contributed by atoms with Crippen LogP contribution in [0.5, 0.6) is 0 Å². The minimum absolute atomic E-state index is 0.277. The highest BCUT2D eigenvalue weighted by molar-refractivity contribution is 9.10. The van der Waals surface area contributed by atoms with Gasteiger partial charge in [-0.05, 0) is 63.0 Å². The van der Waals surface area contributed by atoms with Crippen LogP contribution in [0, 0.1) is 0 Å². The molecule has 0 radical (unpaired) electrons. The molecule has 4 rings (SSSR count). The number of fused-ring (bicyclic) bond motifs is 1. The van der Waals surface area contributed by atoms with E-state index >= 15 is 0 Å². The molecular weight excluding hydrogens is 464 g/mol. The summed E-state index contributed by atoms with van der Waals surface area (Å²) in [4.78, 5) is 12.6. The number of nitrogens with zero attached hydrogens (tertiary/aromatic N) is 3. The molecule has 0 fully saturated rings. The van der Waals surface area contributed by atoms with E-state index in [1.807, 2.05) is 55.5 Å². The van der Waals surface area contributed by atoms with Gasteiger partial charge in [0.1, 0.15) is 0 Å². The lowest BCUT2D eigenvalue weighted by molar-refractivity contribution is 0.0948. The van der Waals surface area contributed by atoms with Gasteiger partial charge in [0.2, 0.25) is 0 Å². The highest BCUT2D eigenvalue weighted by atomic mass is 79.9. The normalized spacial score (nSPS) is 11.6. The van der Waals surface area contributed by atoms with Crippen LogP contribution in [0.4, 0.5) is 0 Å². The molecule has 4 aromatic rings. The molecule has 1 heterocycles. The number of carbonyl (C=O) groups is 1. The Hall–Kier alpha value is -2.96. The lowest BCUT2D eigenvalue weighted by Gasteiger charge is -2.04. The van der Waals surface area contributed by atoms with Crippen molar-refractivity contribution >= 4 is 49.9 Å². The van der Waals surface area contributed by atoms with Crippen LogP contribution in [0.3, 0.4) is 0 Å². The van der Waals surface area contributed by atoms with Crippen molar-refractivity contribution in [2.75, 3.05) is 0 Å². The zero-order valence-corrected chi connectivity index (χ0v) is 18.5. The topological polar surface area (TPSA) is 59.3 Å². The van der Waals surface area contributed by atoms with Crippen molar-refractivity contribution in [3.63, 3.8) is 0 Å². The summed E-state index contributed by atoms with van der Waals surface area (Å²) in [6, 6.07) is 21.7. The number of amides is 1. The van der Waals surface area contributed by atoms with E-state index in [-0.39, 0.29) is 11.6 Å². The molecule has 0 saturated heterocycles. The SMILES string of the molecule is C/C(=N\NC(=O)c1nn(Cc2ccc(Cl)cc2)cc1Br)c1ccc2ccccc2c1. The molecule has 0 aliphatic carbocycles. The molecule has 30 heavy (non-hydrogen) atoms. The van der Waals surface area contributed by atoms with Crippen LogP contribution in [0.15, 0.2) is 82.5 Å². The number of hydrogen-bond acceptors (Lipinski definition) is 3. The Kier molecular flexibility index (Phi) is 5.97. The van der Waals surface area contributed by atoms with E-state index in [0.717, 1.165) is 21.9 Å². The Labute approximate surface area is 187 Å². The predicted octanol–water partition coefficient (Wildman–Crippen LogP) is 5.65. The third kappa shape index (κ3) is 4.61. The minimum Gasteiger partial charge on any atom is -0.266 e. The fourth-order valence-corrected chi connectivity index (χ4v) is 3.70. The zero-order chi connectivity index (χ0) is 21.1. The van der Waals surface area contributed by atoms with Crippen molar-refractivity contribution in [1.29, 1.82) is 0 Å².